The highest BCUT2D eigenvalue weighted by Crippen LogP contribution is 2.47. The van der Waals surface area contributed by atoms with E-state index in [1.807, 2.05) is 6.07 Å². The van der Waals surface area contributed by atoms with E-state index in [0.29, 0.717) is 17.9 Å². The number of benzene rings is 1. The van der Waals surface area contributed by atoms with Crippen molar-refractivity contribution in [3.63, 3.8) is 0 Å². The molecule has 8 nitrogen and oxygen atoms in total. The van der Waals surface area contributed by atoms with Crippen LogP contribution in [0, 0.1) is 0 Å². The predicted molar refractivity (Wildman–Crippen MR) is 103 cm³/mol. The summed E-state index contributed by atoms with van der Waals surface area (Å²) in [5, 5.41) is 21.7. The minimum absolute atomic E-state index is 0.0997. The SMILES string of the molecule is O=C(O)C[C@H]1C[C@@H]2c3cc(NC(=O)Cc4ccncc4)ccc3O[C@@H]2[C@@H](CO)O1. The third-order valence-corrected chi connectivity index (χ3v) is 5.30. The molecule has 1 amide bonds. The van der Waals surface area contributed by atoms with E-state index in [9.17, 15) is 14.7 Å². The van der Waals surface area contributed by atoms with Crippen LogP contribution in [0.15, 0.2) is 42.7 Å². The van der Waals surface area contributed by atoms with Crippen molar-refractivity contribution in [2.75, 3.05) is 11.9 Å². The molecule has 0 bridgehead atoms. The minimum Gasteiger partial charge on any atom is -0.487 e. The van der Waals surface area contributed by atoms with Crippen molar-refractivity contribution in [1.82, 2.24) is 4.98 Å². The van der Waals surface area contributed by atoms with Gasteiger partial charge in [0.2, 0.25) is 5.91 Å². The maximum absolute atomic E-state index is 12.4. The number of aliphatic carboxylic acids is 1. The van der Waals surface area contributed by atoms with E-state index < -0.39 is 18.2 Å². The van der Waals surface area contributed by atoms with E-state index in [-0.39, 0.29) is 37.4 Å². The maximum atomic E-state index is 12.4. The standard InChI is InChI=1S/C21H22N2O6/c24-11-18-21-16(9-14(28-18)10-20(26)27)15-8-13(1-2-17(15)29-21)23-19(25)7-12-3-5-22-6-4-12/h1-6,8,14,16,18,21,24H,7,9-11H2,(H,23,25)(H,26,27)/t14-,16-,18-,21+/m1/s1. The quantitative estimate of drug-likeness (QED) is 0.678. The molecule has 2 aliphatic heterocycles. The van der Waals surface area contributed by atoms with Crippen LogP contribution in [0.3, 0.4) is 0 Å². The van der Waals surface area contributed by atoms with Gasteiger partial charge in [-0.15, -0.1) is 0 Å². The van der Waals surface area contributed by atoms with Gasteiger partial charge in [-0.3, -0.25) is 14.6 Å². The van der Waals surface area contributed by atoms with Crippen LogP contribution in [0.2, 0.25) is 0 Å². The lowest BCUT2D eigenvalue weighted by molar-refractivity contribution is -0.153. The highest BCUT2D eigenvalue weighted by Gasteiger charge is 2.46. The third-order valence-electron chi connectivity index (χ3n) is 5.30. The number of nitrogens with one attached hydrogen (secondary N) is 1. The van der Waals surface area contributed by atoms with Crippen molar-refractivity contribution >= 4 is 17.6 Å². The molecule has 3 N–H and O–H groups in total. The number of nitrogens with zero attached hydrogens (tertiary/aromatic N) is 1. The van der Waals surface area contributed by atoms with E-state index in [4.69, 9.17) is 14.6 Å². The molecule has 0 aliphatic carbocycles. The van der Waals surface area contributed by atoms with Crippen molar-refractivity contribution in [2.45, 2.75) is 43.5 Å². The zero-order valence-corrected chi connectivity index (χ0v) is 15.7. The number of aliphatic hydroxyl groups excluding tert-OH is 1. The molecule has 2 aromatic rings. The molecule has 0 saturated carbocycles. The summed E-state index contributed by atoms with van der Waals surface area (Å²) in [6.45, 7) is -0.249. The molecule has 1 saturated heterocycles. The summed E-state index contributed by atoms with van der Waals surface area (Å²) in [5.74, 6) is -0.514. The van der Waals surface area contributed by atoms with Crippen LogP contribution in [0.1, 0.15) is 29.9 Å². The van der Waals surface area contributed by atoms with Gasteiger partial charge in [-0.2, -0.15) is 0 Å². The van der Waals surface area contributed by atoms with Gasteiger partial charge in [0.05, 0.1) is 25.6 Å². The number of fused-ring (bicyclic) bond motifs is 3. The summed E-state index contributed by atoms with van der Waals surface area (Å²) in [7, 11) is 0. The van der Waals surface area contributed by atoms with Gasteiger partial charge in [0, 0.05) is 29.6 Å². The number of amides is 1. The molecule has 3 heterocycles. The summed E-state index contributed by atoms with van der Waals surface area (Å²) in [6.07, 6.45) is 2.43. The second kappa shape index (κ2) is 8.18. The first kappa shape index (κ1) is 19.4. The van der Waals surface area contributed by atoms with Crippen LogP contribution in [0.25, 0.3) is 0 Å². The fourth-order valence-corrected chi connectivity index (χ4v) is 4.05. The number of pyridine rings is 1. The smallest absolute Gasteiger partial charge is 0.305 e. The Bertz CT molecular complexity index is 903. The van der Waals surface area contributed by atoms with Crippen LogP contribution in [0.4, 0.5) is 5.69 Å². The number of rotatable bonds is 6. The maximum Gasteiger partial charge on any atom is 0.305 e. The first-order valence-electron chi connectivity index (χ1n) is 9.51. The fraction of sp³-hybridized carbons (Fsp3) is 0.381. The Balaban J connectivity index is 1.50. The van der Waals surface area contributed by atoms with Crippen molar-refractivity contribution in [1.29, 1.82) is 0 Å². The lowest BCUT2D eigenvalue weighted by atomic mass is 9.84. The van der Waals surface area contributed by atoms with Crippen LogP contribution in [-0.2, 0) is 20.7 Å². The van der Waals surface area contributed by atoms with Crippen molar-refractivity contribution in [2.24, 2.45) is 0 Å². The summed E-state index contributed by atoms with van der Waals surface area (Å²) >= 11 is 0. The Hall–Kier alpha value is -2.97. The number of carboxylic acids is 1. The van der Waals surface area contributed by atoms with Crippen molar-refractivity contribution in [3.8, 4) is 5.75 Å². The third kappa shape index (κ3) is 4.23. The van der Waals surface area contributed by atoms with Gasteiger partial charge in [-0.25, -0.2) is 0 Å². The monoisotopic (exact) mass is 398 g/mol. The van der Waals surface area contributed by atoms with Gasteiger partial charge in [-0.1, -0.05) is 0 Å². The van der Waals surface area contributed by atoms with E-state index >= 15 is 0 Å². The molecule has 2 aliphatic rings. The summed E-state index contributed by atoms with van der Waals surface area (Å²) < 4.78 is 11.7. The number of carbonyl (C=O) groups is 2. The fourth-order valence-electron chi connectivity index (χ4n) is 4.05. The van der Waals surface area contributed by atoms with Crippen LogP contribution in [-0.4, -0.2) is 52.0 Å². The van der Waals surface area contributed by atoms with Gasteiger partial charge in [0.25, 0.3) is 0 Å². The number of aromatic nitrogens is 1. The van der Waals surface area contributed by atoms with Gasteiger partial charge in [-0.05, 0) is 42.3 Å². The summed E-state index contributed by atoms with van der Waals surface area (Å²) in [5.41, 5.74) is 2.41. The predicted octanol–water partition coefficient (Wildman–Crippen LogP) is 1.73. The zero-order valence-electron chi connectivity index (χ0n) is 15.7. The van der Waals surface area contributed by atoms with Crippen molar-refractivity contribution < 1.29 is 29.3 Å². The average molecular weight is 398 g/mol. The summed E-state index contributed by atoms with van der Waals surface area (Å²) in [6, 6.07) is 9.00. The number of anilines is 1. The largest absolute Gasteiger partial charge is 0.487 e. The highest BCUT2D eigenvalue weighted by atomic mass is 16.6. The Labute approximate surface area is 167 Å². The molecule has 0 radical (unpaired) electrons. The number of hydrogen-bond donors (Lipinski definition) is 3. The molecule has 152 valence electrons. The Kier molecular flexibility index (Phi) is 5.46. The number of ether oxygens (including phenoxy) is 2. The van der Waals surface area contributed by atoms with E-state index in [1.54, 1.807) is 36.7 Å². The number of carbonyl (C=O) groups excluding carboxylic acids is 1. The lowest BCUT2D eigenvalue weighted by Gasteiger charge is -2.36. The van der Waals surface area contributed by atoms with E-state index in [0.717, 1.165) is 11.1 Å². The molecule has 29 heavy (non-hydrogen) atoms. The highest BCUT2D eigenvalue weighted by molar-refractivity contribution is 5.92. The molecule has 8 heteroatoms. The van der Waals surface area contributed by atoms with Gasteiger partial charge >= 0.3 is 5.97 Å². The van der Waals surface area contributed by atoms with Crippen LogP contribution < -0.4 is 10.1 Å². The van der Waals surface area contributed by atoms with E-state index in [2.05, 4.69) is 10.3 Å². The number of carboxylic acid groups (broad SMARTS) is 1. The number of aliphatic hydroxyl groups is 1. The second-order valence-corrected chi connectivity index (χ2v) is 7.33. The molecule has 0 spiro atoms. The average Bonchev–Trinajstić information content (AvgIpc) is 3.05. The zero-order chi connectivity index (χ0) is 20.4. The Morgan fingerprint density at radius 3 is 2.72 bits per heavy atom. The van der Waals surface area contributed by atoms with Crippen LogP contribution in [0.5, 0.6) is 5.75 Å². The van der Waals surface area contributed by atoms with Gasteiger partial charge < -0.3 is 25.0 Å². The van der Waals surface area contributed by atoms with Crippen LogP contribution >= 0.6 is 0 Å². The lowest BCUT2D eigenvalue weighted by Crippen LogP contribution is -2.46. The summed E-state index contributed by atoms with van der Waals surface area (Å²) in [4.78, 5) is 27.4. The Morgan fingerprint density at radius 2 is 2.00 bits per heavy atom. The topological polar surface area (TPSA) is 118 Å². The van der Waals surface area contributed by atoms with Gasteiger partial charge in [0.15, 0.2) is 0 Å². The first-order valence-corrected chi connectivity index (χ1v) is 9.51. The van der Waals surface area contributed by atoms with Crippen molar-refractivity contribution in [3.05, 3.63) is 53.9 Å². The molecule has 1 aromatic heterocycles. The molecule has 1 aromatic carbocycles. The molecule has 0 unspecified atom stereocenters. The second-order valence-electron chi connectivity index (χ2n) is 7.33. The molecule has 4 rings (SSSR count). The minimum atomic E-state index is -0.943. The Morgan fingerprint density at radius 1 is 1.21 bits per heavy atom. The first-order chi connectivity index (χ1) is 14.0. The molecule has 4 atom stereocenters. The molecular formula is C21H22N2O6. The normalized spacial score (nSPS) is 24.9. The molecule has 1 fully saturated rings. The number of hydrogen-bond acceptors (Lipinski definition) is 6. The molecular weight excluding hydrogens is 376 g/mol. The van der Waals surface area contributed by atoms with Gasteiger partial charge in [0.1, 0.15) is 18.0 Å². The van der Waals surface area contributed by atoms with E-state index in [1.165, 1.54) is 0 Å².